The summed E-state index contributed by atoms with van der Waals surface area (Å²) >= 11 is 0. The van der Waals surface area contributed by atoms with Crippen LogP contribution >= 0.6 is 0 Å². The lowest BCUT2D eigenvalue weighted by Gasteiger charge is -2.09. The maximum Gasteiger partial charge on any atom is 0.123 e. The molecule has 3 heteroatoms. The molecule has 0 saturated heterocycles. The van der Waals surface area contributed by atoms with E-state index in [1.165, 1.54) is 24.3 Å². The lowest BCUT2D eigenvalue weighted by Crippen LogP contribution is -1.97. The molecular weight excluding hydrogens is 222 g/mol. The summed E-state index contributed by atoms with van der Waals surface area (Å²) in [4.78, 5) is 0. The molecule has 0 aliphatic rings. The highest BCUT2D eigenvalue weighted by Crippen LogP contribution is 2.19. The van der Waals surface area contributed by atoms with Crippen LogP contribution in [0.4, 0.5) is 8.78 Å². The lowest BCUT2D eigenvalue weighted by atomic mass is 10.2. The Morgan fingerprint density at radius 2 is 1.59 bits per heavy atom. The molecule has 1 nitrogen and oxygen atoms in total. The van der Waals surface area contributed by atoms with Crippen LogP contribution in [0.15, 0.2) is 42.5 Å². The van der Waals surface area contributed by atoms with Crippen molar-refractivity contribution in [2.24, 2.45) is 0 Å². The van der Waals surface area contributed by atoms with Gasteiger partial charge in [0.25, 0.3) is 0 Å². The van der Waals surface area contributed by atoms with E-state index in [0.29, 0.717) is 12.4 Å². The summed E-state index contributed by atoms with van der Waals surface area (Å²) in [6.07, 6.45) is 0. The predicted molar refractivity (Wildman–Crippen MR) is 61.9 cm³/mol. The van der Waals surface area contributed by atoms with Gasteiger partial charge in [-0.1, -0.05) is 12.1 Å². The first kappa shape index (κ1) is 11.6. The summed E-state index contributed by atoms with van der Waals surface area (Å²) in [7, 11) is 0. The Morgan fingerprint density at radius 3 is 2.24 bits per heavy atom. The zero-order valence-electron chi connectivity index (χ0n) is 9.41. The van der Waals surface area contributed by atoms with Crippen molar-refractivity contribution in [3.63, 3.8) is 0 Å². The second-order valence-corrected chi connectivity index (χ2v) is 3.82. The van der Waals surface area contributed by atoms with E-state index in [1.807, 2.05) is 0 Å². The van der Waals surface area contributed by atoms with Crippen LogP contribution in [0.25, 0.3) is 0 Å². The van der Waals surface area contributed by atoms with Crippen molar-refractivity contribution < 1.29 is 13.5 Å². The zero-order chi connectivity index (χ0) is 12.3. The van der Waals surface area contributed by atoms with Crippen LogP contribution < -0.4 is 4.74 Å². The predicted octanol–water partition coefficient (Wildman–Crippen LogP) is 3.85. The van der Waals surface area contributed by atoms with Gasteiger partial charge in [-0.2, -0.15) is 0 Å². The van der Waals surface area contributed by atoms with Gasteiger partial charge in [-0.05, 0) is 48.4 Å². The monoisotopic (exact) mass is 234 g/mol. The number of hydrogen-bond acceptors (Lipinski definition) is 1. The van der Waals surface area contributed by atoms with Gasteiger partial charge in [-0.3, -0.25) is 0 Å². The molecular formula is C14H12F2O. The highest BCUT2D eigenvalue weighted by molar-refractivity contribution is 5.32. The van der Waals surface area contributed by atoms with Crippen molar-refractivity contribution >= 4 is 0 Å². The van der Waals surface area contributed by atoms with Crippen molar-refractivity contribution in [3.8, 4) is 5.75 Å². The van der Waals surface area contributed by atoms with Crippen LogP contribution in [-0.2, 0) is 6.61 Å². The Hall–Kier alpha value is -1.90. The second kappa shape index (κ2) is 4.95. The number of benzene rings is 2. The van der Waals surface area contributed by atoms with Crippen LogP contribution in [-0.4, -0.2) is 0 Å². The largest absolute Gasteiger partial charge is 0.489 e. The smallest absolute Gasteiger partial charge is 0.123 e. The standard InChI is InChI=1S/C14H12F2O/c1-10-8-13(16)6-7-14(10)17-9-11-2-4-12(15)5-3-11/h2-8H,9H2,1H3. The molecule has 0 radical (unpaired) electrons. The van der Waals surface area contributed by atoms with E-state index in [2.05, 4.69) is 0 Å². The van der Waals surface area contributed by atoms with E-state index in [4.69, 9.17) is 4.74 Å². The van der Waals surface area contributed by atoms with Crippen LogP contribution in [0.5, 0.6) is 5.75 Å². The fourth-order valence-electron chi connectivity index (χ4n) is 1.52. The van der Waals surface area contributed by atoms with Crippen LogP contribution in [0.1, 0.15) is 11.1 Å². The molecule has 2 aromatic rings. The molecule has 0 heterocycles. The van der Waals surface area contributed by atoms with Gasteiger partial charge in [0, 0.05) is 0 Å². The number of halogens is 2. The fourth-order valence-corrected chi connectivity index (χ4v) is 1.52. The van der Waals surface area contributed by atoms with Crippen LogP contribution in [0.3, 0.4) is 0 Å². The Morgan fingerprint density at radius 1 is 0.941 bits per heavy atom. The molecule has 0 amide bonds. The third-order valence-electron chi connectivity index (χ3n) is 2.44. The second-order valence-electron chi connectivity index (χ2n) is 3.82. The summed E-state index contributed by atoms with van der Waals surface area (Å²) < 4.78 is 31.1. The fraction of sp³-hybridized carbons (Fsp3) is 0.143. The van der Waals surface area contributed by atoms with Gasteiger partial charge >= 0.3 is 0 Å². The van der Waals surface area contributed by atoms with Gasteiger partial charge in [0.05, 0.1) is 0 Å². The number of aryl methyl sites for hydroxylation is 1. The van der Waals surface area contributed by atoms with Gasteiger partial charge in [-0.25, -0.2) is 8.78 Å². The first-order valence-electron chi connectivity index (χ1n) is 5.28. The Labute approximate surface area is 98.7 Å². The highest BCUT2D eigenvalue weighted by Gasteiger charge is 2.01. The Balaban J connectivity index is 2.04. The number of hydrogen-bond donors (Lipinski definition) is 0. The van der Waals surface area contributed by atoms with E-state index in [-0.39, 0.29) is 11.6 Å². The molecule has 2 aromatic carbocycles. The molecule has 0 aliphatic carbocycles. The summed E-state index contributed by atoms with van der Waals surface area (Å²) in [5.74, 6) is 0.0825. The van der Waals surface area contributed by atoms with Crippen molar-refractivity contribution in [2.45, 2.75) is 13.5 Å². The first-order valence-corrected chi connectivity index (χ1v) is 5.28. The van der Waals surface area contributed by atoms with Crippen LogP contribution in [0, 0.1) is 18.6 Å². The SMILES string of the molecule is Cc1cc(F)ccc1OCc1ccc(F)cc1. The summed E-state index contributed by atoms with van der Waals surface area (Å²) in [6.45, 7) is 2.12. The first-order chi connectivity index (χ1) is 8.15. The van der Waals surface area contributed by atoms with Gasteiger partial charge in [-0.15, -0.1) is 0 Å². The summed E-state index contributed by atoms with van der Waals surface area (Å²) in [6, 6.07) is 10.5. The molecule has 0 bridgehead atoms. The van der Waals surface area contributed by atoms with Crippen LogP contribution in [0.2, 0.25) is 0 Å². The van der Waals surface area contributed by atoms with E-state index in [1.54, 1.807) is 25.1 Å². The van der Waals surface area contributed by atoms with Crippen molar-refractivity contribution in [1.29, 1.82) is 0 Å². The van der Waals surface area contributed by atoms with E-state index >= 15 is 0 Å². The zero-order valence-corrected chi connectivity index (χ0v) is 9.41. The van der Waals surface area contributed by atoms with E-state index in [9.17, 15) is 8.78 Å². The normalized spacial score (nSPS) is 10.3. The maximum absolute atomic E-state index is 12.9. The average Bonchev–Trinajstić information content (AvgIpc) is 2.30. The average molecular weight is 234 g/mol. The summed E-state index contributed by atoms with van der Waals surface area (Å²) in [5.41, 5.74) is 1.61. The van der Waals surface area contributed by atoms with Gasteiger partial charge in [0.2, 0.25) is 0 Å². The quantitative estimate of drug-likeness (QED) is 0.783. The van der Waals surface area contributed by atoms with Gasteiger partial charge < -0.3 is 4.74 Å². The van der Waals surface area contributed by atoms with Crippen molar-refractivity contribution in [1.82, 2.24) is 0 Å². The van der Waals surface area contributed by atoms with Gasteiger partial charge in [0.15, 0.2) is 0 Å². The molecule has 88 valence electrons. The van der Waals surface area contributed by atoms with E-state index < -0.39 is 0 Å². The molecule has 0 N–H and O–H groups in total. The minimum Gasteiger partial charge on any atom is -0.489 e. The topological polar surface area (TPSA) is 9.23 Å². The molecule has 0 atom stereocenters. The highest BCUT2D eigenvalue weighted by atomic mass is 19.1. The minimum absolute atomic E-state index is 0.272. The molecule has 17 heavy (non-hydrogen) atoms. The number of rotatable bonds is 3. The maximum atomic E-state index is 12.9. The molecule has 0 fully saturated rings. The minimum atomic E-state index is -0.281. The van der Waals surface area contributed by atoms with Gasteiger partial charge in [0.1, 0.15) is 24.0 Å². The molecule has 0 aromatic heterocycles. The summed E-state index contributed by atoms with van der Waals surface area (Å²) in [5, 5.41) is 0. The van der Waals surface area contributed by atoms with E-state index in [0.717, 1.165) is 11.1 Å². The molecule has 0 unspecified atom stereocenters. The third kappa shape index (κ3) is 3.03. The molecule has 2 rings (SSSR count). The molecule has 0 saturated carbocycles. The number of ether oxygens (including phenoxy) is 1. The Bertz CT molecular complexity index is 506. The molecule has 0 aliphatic heterocycles. The molecule has 0 spiro atoms. The van der Waals surface area contributed by atoms with Crippen molar-refractivity contribution in [2.75, 3.05) is 0 Å². The Kier molecular flexibility index (Phi) is 3.38. The third-order valence-corrected chi connectivity index (χ3v) is 2.44. The van der Waals surface area contributed by atoms with Crippen molar-refractivity contribution in [3.05, 3.63) is 65.2 Å². The lowest BCUT2D eigenvalue weighted by molar-refractivity contribution is 0.303.